The zero-order valence-electron chi connectivity index (χ0n) is 21.9. The summed E-state index contributed by atoms with van der Waals surface area (Å²) in [5, 5.41) is 1.04. The minimum absolute atomic E-state index is 0.0906. The summed E-state index contributed by atoms with van der Waals surface area (Å²) in [5.41, 5.74) is 4.36. The molecule has 2 fully saturated rings. The average molecular weight is 504 g/mol. The molecular weight excluding hydrogens is 466 g/mol. The van der Waals surface area contributed by atoms with E-state index in [1.165, 1.54) is 11.1 Å². The van der Waals surface area contributed by atoms with Gasteiger partial charge in [-0.2, -0.15) is 0 Å². The standard InChI is InChI=1S/C30H37N3O4/c1-22-5-7-23(8-6-22)9-12-29(34)33(21-27-4-3-15-37-27)20-25-18-24-10-11-26(35-2)19-28(24)31-30(25)32-13-16-36-17-14-32/h5-8,10-11,18-19,27H,3-4,9,12-17,20-21H2,1-2H3. The number of aryl methyl sites for hydroxylation is 2. The Morgan fingerprint density at radius 2 is 1.92 bits per heavy atom. The number of nitrogens with zero attached hydrogens (tertiary/aromatic N) is 3. The molecule has 1 aromatic heterocycles. The van der Waals surface area contributed by atoms with E-state index in [2.05, 4.69) is 42.2 Å². The van der Waals surface area contributed by atoms with Gasteiger partial charge in [-0.05, 0) is 49.9 Å². The van der Waals surface area contributed by atoms with Gasteiger partial charge in [0.05, 0.1) is 31.9 Å². The van der Waals surface area contributed by atoms with E-state index in [-0.39, 0.29) is 12.0 Å². The molecule has 0 radical (unpaired) electrons. The SMILES string of the molecule is COc1ccc2cc(CN(CC3CCCO3)C(=O)CCc3ccc(C)cc3)c(N3CCOCC3)nc2c1. The van der Waals surface area contributed by atoms with E-state index in [1.54, 1.807) is 7.11 Å². The van der Waals surface area contributed by atoms with Gasteiger partial charge in [-0.15, -0.1) is 0 Å². The molecule has 2 aliphatic heterocycles. The molecule has 2 aliphatic rings. The lowest BCUT2D eigenvalue weighted by Gasteiger charge is -2.32. The maximum atomic E-state index is 13.6. The van der Waals surface area contributed by atoms with Crippen LogP contribution in [0.15, 0.2) is 48.5 Å². The number of morpholine rings is 1. The van der Waals surface area contributed by atoms with Gasteiger partial charge in [-0.1, -0.05) is 29.8 Å². The molecule has 0 aliphatic carbocycles. The molecule has 0 saturated carbocycles. The normalized spacial score (nSPS) is 17.8. The third-order valence-corrected chi connectivity index (χ3v) is 7.30. The zero-order chi connectivity index (χ0) is 25.6. The van der Waals surface area contributed by atoms with Gasteiger partial charge >= 0.3 is 0 Å². The summed E-state index contributed by atoms with van der Waals surface area (Å²) in [5.74, 6) is 1.86. The lowest BCUT2D eigenvalue weighted by atomic mass is 10.1. The van der Waals surface area contributed by atoms with Gasteiger partial charge in [0.25, 0.3) is 0 Å². The Morgan fingerprint density at radius 3 is 2.65 bits per heavy atom. The Hall–Kier alpha value is -3.16. The number of hydrogen-bond donors (Lipinski definition) is 0. The first-order chi connectivity index (χ1) is 18.1. The molecule has 7 nitrogen and oxygen atoms in total. The number of carbonyl (C=O) groups excluding carboxylic acids is 1. The maximum absolute atomic E-state index is 13.6. The topological polar surface area (TPSA) is 64.1 Å². The molecule has 5 rings (SSSR count). The molecule has 0 spiro atoms. The summed E-state index contributed by atoms with van der Waals surface area (Å²) in [7, 11) is 1.67. The van der Waals surface area contributed by atoms with Crippen molar-refractivity contribution in [3.63, 3.8) is 0 Å². The van der Waals surface area contributed by atoms with Crippen molar-refractivity contribution in [3.05, 3.63) is 65.2 Å². The molecule has 1 unspecified atom stereocenters. The number of rotatable bonds is 9. The van der Waals surface area contributed by atoms with Gasteiger partial charge in [-0.25, -0.2) is 4.98 Å². The molecule has 37 heavy (non-hydrogen) atoms. The monoisotopic (exact) mass is 503 g/mol. The van der Waals surface area contributed by atoms with E-state index in [4.69, 9.17) is 19.2 Å². The van der Waals surface area contributed by atoms with Crippen LogP contribution in [0.25, 0.3) is 10.9 Å². The van der Waals surface area contributed by atoms with Crippen LogP contribution >= 0.6 is 0 Å². The van der Waals surface area contributed by atoms with Gasteiger partial charge in [-0.3, -0.25) is 4.79 Å². The van der Waals surface area contributed by atoms with Gasteiger partial charge in [0.2, 0.25) is 5.91 Å². The van der Waals surface area contributed by atoms with E-state index in [9.17, 15) is 4.79 Å². The fraction of sp³-hybridized carbons (Fsp3) is 0.467. The number of anilines is 1. The van der Waals surface area contributed by atoms with Crippen LogP contribution in [0.5, 0.6) is 5.75 Å². The predicted octanol–water partition coefficient (Wildman–Crippen LogP) is 4.53. The third kappa shape index (κ3) is 6.40. The van der Waals surface area contributed by atoms with Crippen LogP contribution in [0.1, 0.15) is 36.0 Å². The predicted molar refractivity (Wildman–Crippen MR) is 145 cm³/mol. The van der Waals surface area contributed by atoms with Crippen LogP contribution in [0.3, 0.4) is 0 Å². The molecule has 1 amide bonds. The van der Waals surface area contributed by atoms with Crippen LogP contribution in [0.4, 0.5) is 5.82 Å². The van der Waals surface area contributed by atoms with Crippen LogP contribution in [0.2, 0.25) is 0 Å². The quantitative estimate of drug-likeness (QED) is 0.428. The first-order valence-electron chi connectivity index (χ1n) is 13.3. The molecular formula is C30H37N3O4. The maximum Gasteiger partial charge on any atom is 0.223 e. The lowest BCUT2D eigenvalue weighted by molar-refractivity contribution is -0.133. The largest absolute Gasteiger partial charge is 0.497 e. The number of ether oxygens (including phenoxy) is 3. The van der Waals surface area contributed by atoms with Crippen molar-refractivity contribution in [1.82, 2.24) is 9.88 Å². The van der Waals surface area contributed by atoms with Crippen LogP contribution in [0, 0.1) is 6.92 Å². The minimum Gasteiger partial charge on any atom is -0.497 e. The highest BCUT2D eigenvalue weighted by molar-refractivity contribution is 5.84. The zero-order valence-corrected chi connectivity index (χ0v) is 21.9. The molecule has 3 aromatic rings. The number of benzene rings is 2. The van der Waals surface area contributed by atoms with Gasteiger partial charge in [0.15, 0.2) is 0 Å². The van der Waals surface area contributed by atoms with Crippen molar-refractivity contribution in [3.8, 4) is 5.75 Å². The summed E-state index contributed by atoms with van der Waals surface area (Å²) >= 11 is 0. The fourth-order valence-electron chi connectivity index (χ4n) is 5.13. The number of pyridine rings is 1. The van der Waals surface area contributed by atoms with Gasteiger partial charge in [0, 0.05) is 56.2 Å². The molecule has 3 heterocycles. The summed E-state index contributed by atoms with van der Waals surface area (Å²) in [6.07, 6.45) is 3.34. The molecule has 0 N–H and O–H groups in total. The molecule has 0 bridgehead atoms. The smallest absolute Gasteiger partial charge is 0.223 e. The fourth-order valence-corrected chi connectivity index (χ4v) is 5.13. The summed E-state index contributed by atoms with van der Waals surface area (Å²) < 4.78 is 17.0. The van der Waals surface area contributed by atoms with E-state index in [1.807, 2.05) is 23.1 Å². The highest BCUT2D eigenvalue weighted by Gasteiger charge is 2.25. The van der Waals surface area contributed by atoms with Crippen molar-refractivity contribution in [2.45, 2.75) is 45.3 Å². The number of aromatic nitrogens is 1. The number of fused-ring (bicyclic) bond motifs is 1. The van der Waals surface area contributed by atoms with E-state index < -0.39 is 0 Å². The average Bonchev–Trinajstić information content (AvgIpc) is 3.45. The second-order valence-electron chi connectivity index (χ2n) is 10.0. The van der Waals surface area contributed by atoms with Gasteiger partial charge in [0.1, 0.15) is 11.6 Å². The summed E-state index contributed by atoms with van der Waals surface area (Å²) in [4.78, 5) is 22.9. The van der Waals surface area contributed by atoms with E-state index in [0.29, 0.717) is 32.7 Å². The highest BCUT2D eigenvalue weighted by atomic mass is 16.5. The molecule has 7 heteroatoms. The van der Waals surface area contributed by atoms with Crippen LogP contribution < -0.4 is 9.64 Å². The Kier molecular flexibility index (Phi) is 8.21. The third-order valence-electron chi connectivity index (χ3n) is 7.30. The lowest BCUT2D eigenvalue weighted by Crippen LogP contribution is -2.40. The van der Waals surface area contributed by atoms with Crippen LogP contribution in [-0.2, 0) is 27.2 Å². The number of carbonyl (C=O) groups is 1. The first kappa shape index (κ1) is 25.5. The van der Waals surface area contributed by atoms with Gasteiger partial charge < -0.3 is 24.0 Å². The molecule has 1 atom stereocenters. The van der Waals surface area contributed by atoms with Crippen molar-refractivity contribution >= 4 is 22.6 Å². The first-order valence-corrected chi connectivity index (χ1v) is 13.3. The van der Waals surface area contributed by atoms with Crippen molar-refractivity contribution in [1.29, 1.82) is 0 Å². The minimum atomic E-state index is 0.0906. The van der Waals surface area contributed by atoms with E-state index >= 15 is 0 Å². The second-order valence-corrected chi connectivity index (χ2v) is 10.0. The Balaban J connectivity index is 1.43. The van der Waals surface area contributed by atoms with Crippen molar-refractivity contribution in [2.24, 2.45) is 0 Å². The summed E-state index contributed by atoms with van der Waals surface area (Å²) in [6.45, 7) is 6.88. The Bertz CT molecular complexity index is 1200. The summed E-state index contributed by atoms with van der Waals surface area (Å²) in [6, 6.07) is 16.6. The number of methoxy groups -OCH3 is 1. The van der Waals surface area contributed by atoms with Crippen molar-refractivity contribution in [2.75, 3.05) is 51.5 Å². The van der Waals surface area contributed by atoms with E-state index in [0.717, 1.165) is 67.0 Å². The van der Waals surface area contributed by atoms with Crippen LogP contribution in [-0.4, -0.2) is 68.5 Å². The molecule has 196 valence electrons. The Labute approximate surface area is 219 Å². The Morgan fingerprint density at radius 1 is 1.11 bits per heavy atom. The van der Waals surface area contributed by atoms with Crippen molar-refractivity contribution < 1.29 is 19.0 Å². The second kappa shape index (κ2) is 11.9. The molecule has 2 saturated heterocycles. The molecule has 2 aromatic carbocycles. The number of amides is 1. The number of hydrogen-bond acceptors (Lipinski definition) is 6. The highest BCUT2D eigenvalue weighted by Crippen LogP contribution is 2.29.